The van der Waals surface area contributed by atoms with E-state index in [1.165, 1.54) is 0 Å². The highest BCUT2D eigenvalue weighted by molar-refractivity contribution is 6.17. The zero-order chi connectivity index (χ0) is 10.8. The molecule has 2 aliphatic heterocycles. The highest BCUT2D eigenvalue weighted by Gasteiger charge is 2.41. The maximum atomic E-state index is 11.9. The molecule has 0 aromatic heterocycles. The fraction of sp³-hybridized carbons (Fsp3) is 0.800. The van der Waals surface area contributed by atoms with Crippen molar-refractivity contribution in [2.24, 2.45) is 0 Å². The molecule has 5 heteroatoms. The van der Waals surface area contributed by atoms with Gasteiger partial charge in [-0.05, 0) is 19.3 Å². The van der Waals surface area contributed by atoms with E-state index in [9.17, 15) is 9.59 Å². The summed E-state index contributed by atoms with van der Waals surface area (Å²) in [6.45, 7) is 1.60. The number of alkyl halides is 1. The molecular formula is C10H15ClN2O2. The Balaban J connectivity index is 2.03. The molecule has 0 spiro atoms. The molecule has 1 unspecified atom stereocenters. The lowest BCUT2D eigenvalue weighted by Gasteiger charge is -2.36. The maximum absolute atomic E-state index is 11.9. The Kier molecular flexibility index (Phi) is 3.14. The van der Waals surface area contributed by atoms with E-state index in [-0.39, 0.29) is 24.4 Å². The molecule has 2 amide bonds. The summed E-state index contributed by atoms with van der Waals surface area (Å²) in [7, 11) is 0. The van der Waals surface area contributed by atoms with Gasteiger partial charge in [0.05, 0.1) is 6.54 Å². The van der Waals surface area contributed by atoms with Gasteiger partial charge in [0.1, 0.15) is 6.04 Å². The van der Waals surface area contributed by atoms with Crippen molar-refractivity contribution in [1.29, 1.82) is 0 Å². The number of carbonyl (C=O) groups is 2. The minimum atomic E-state index is -0.179. The van der Waals surface area contributed by atoms with Gasteiger partial charge in [-0.3, -0.25) is 9.59 Å². The average molecular weight is 231 g/mol. The van der Waals surface area contributed by atoms with Crippen LogP contribution < -0.4 is 0 Å². The van der Waals surface area contributed by atoms with Crippen LogP contribution >= 0.6 is 11.6 Å². The quantitative estimate of drug-likeness (QED) is 0.661. The van der Waals surface area contributed by atoms with Crippen molar-refractivity contribution in [2.45, 2.75) is 25.3 Å². The normalized spacial score (nSPS) is 26.1. The molecule has 2 rings (SSSR count). The van der Waals surface area contributed by atoms with E-state index in [2.05, 4.69) is 0 Å². The molecular weight excluding hydrogens is 216 g/mol. The first-order valence-electron chi connectivity index (χ1n) is 5.38. The molecule has 1 atom stereocenters. The Bertz CT molecular complexity index is 283. The van der Waals surface area contributed by atoms with Gasteiger partial charge in [0.2, 0.25) is 11.8 Å². The Morgan fingerprint density at radius 3 is 2.93 bits per heavy atom. The summed E-state index contributed by atoms with van der Waals surface area (Å²) in [5, 5.41) is 0. The number of carbonyl (C=O) groups excluding carboxylic acids is 2. The van der Waals surface area contributed by atoms with Crippen LogP contribution in [-0.2, 0) is 9.59 Å². The second kappa shape index (κ2) is 4.39. The van der Waals surface area contributed by atoms with Crippen LogP contribution in [0.15, 0.2) is 0 Å². The third-order valence-corrected chi connectivity index (χ3v) is 3.32. The number of fused-ring (bicyclic) bond motifs is 1. The van der Waals surface area contributed by atoms with Crippen LogP contribution in [-0.4, -0.2) is 53.2 Å². The molecule has 0 aliphatic carbocycles. The van der Waals surface area contributed by atoms with Gasteiger partial charge in [0, 0.05) is 19.0 Å². The Hall–Kier alpha value is -0.770. The molecule has 2 saturated heterocycles. The predicted molar refractivity (Wildman–Crippen MR) is 56.7 cm³/mol. The average Bonchev–Trinajstić information content (AvgIpc) is 2.70. The van der Waals surface area contributed by atoms with Gasteiger partial charge in [-0.1, -0.05) is 0 Å². The van der Waals surface area contributed by atoms with E-state index in [1.54, 1.807) is 9.80 Å². The fourth-order valence-electron chi connectivity index (χ4n) is 2.30. The Morgan fingerprint density at radius 1 is 1.40 bits per heavy atom. The Labute approximate surface area is 94.2 Å². The molecule has 2 fully saturated rings. The maximum Gasteiger partial charge on any atom is 0.245 e. The summed E-state index contributed by atoms with van der Waals surface area (Å²) in [6.07, 6.45) is 2.53. The molecule has 4 nitrogen and oxygen atoms in total. The first-order valence-corrected chi connectivity index (χ1v) is 5.91. The number of rotatable bonds is 3. The summed E-state index contributed by atoms with van der Waals surface area (Å²) in [5.74, 6) is 0.732. The second-order valence-electron chi connectivity index (χ2n) is 4.05. The molecule has 0 saturated carbocycles. The topological polar surface area (TPSA) is 40.6 Å². The highest BCUT2D eigenvalue weighted by atomic mass is 35.5. The van der Waals surface area contributed by atoms with Crippen molar-refractivity contribution in [3.05, 3.63) is 0 Å². The number of nitrogens with zero attached hydrogens (tertiary/aromatic N) is 2. The monoisotopic (exact) mass is 230 g/mol. The molecule has 0 aromatic rings. The van der Waals surface area contributed by atoms with Crippen LogP contribution in [0.5, 0.6) is 0 Å². The molecule has 84 valence electrons. The van der Waals surface area contributed by atoms with Crippen LogP contribution in [0.3, 0.4) is 0 Å². The van der Waals surface area contributed by atoms with Gasteiger partial charge in [0.15, 0.2) is 0 Å². The van der Waals surface area contributed by atoms with Crippen LogP contribution in [0, 0.1) is 0 Å². The van der Waals surface area contributed by atoms with Crippen LogP contribution in [0.1, 0.15) is 19.3 Å². The van der Waals surface area contributed by atoms with E-state index in [1.807, 2.05) is 0 Å². The predicted octanol–water partition coefficient (Wildman–Crippen LogP) is 0.449. The summed E-state index contributed by atoms with van der Waals surface area (Å²) in [5.41, 5.74) is 0. The zero-order valence-electron chi connectivity index (χ0n) is 8.62. The number of hydrogen-bond donors (Lipinski definition) is 0. The smallest absolute Gasteiger partial charge is 0.245 e. The van der Waals surface area contributed by atoms with E-state index >= 15 is 0 Å². The molecule has 0 N–H and O–H groups in total. The van der Waals surface area contributed by atoms with Crippen molar-refractivity contribution in [3.63, 3.8) is 0 Å². The Morgan fingerprint density at radius 2 is 2.20 bits per heavy atom. The van der Waals surface area contributed by atoms with Crippen molar-refractivity contribution in [2.75, 3.05) is 25.5 Å². The van der Waals surface area contributed by atoms with Crippen LogP contribution in [0.4, 0.5) is 0 Å². The van der Waals surface area contributed by atoms with Gasteiger partial charge in [-0.15, -0.1) is 11.6 Å². The third kappa shape index (κ3) is 1.95. The van der Waals surface area contributed by atoms with E-state index < -0.39 is 0 Å². The molecule has 15 heavy (non-hydrogen) atoms. The molecule has 0 radical (unpaired) electrons. The van der Waals surface area contributed by atoms with E-state index in [4.69, 9.17) is 11.6 Å². The van der Waals surface area contributed by atoms with Crippen LogP contribution in [0.25, 0.3) is 0 Å². The first-order chi connectivity index (χ1) is 7.24. The summed E-state index contributed by atoms with van der Waals surface area (Å²) in [4.78, 5) is 27.0. The van der Waals surface area contributed by atoms with Crippen molar-refractivity contribution in [3.8, 4) is 0 Å². The first kappa shape index (κ1) is 10.7. The van der Waals surface area contributed by atoms with Crippen molar-refractivity contribution in [1.82, 2.24) is 9.80 Å². The van der Waals surface area contributed by atoms with Crippen molar-refractivity contribution < 1.29 is 9.59 Å². The second-order valence-corrected chi connectivity index (χ2v) is 4.43. The van der Waals surface area contributed by atoms with Crippen molar-refractivity contribution >= 4 is 23.4 Å². The standard InChI is InChI=1S/C10H15ClN2O2/c11-4-2-5-12-7-9(14)13-6-1-3-8(13)10(12)15/h8H,1-7H2. The largest absolute Gasteiger partial charge is 0.332 e. The zero-order valence-corrected chi connectivity index (χ0v) is 9.37. The van der Waals surface area contributed by atoms with Crippen LogP contribution in [0.2, 0.25) is 0 Å². The number of piperazine rings is 1. The number of amides is 2. The summed E-state index contributed by atoms with van der Waals surface area (Å²) < 4.78 is 0. The fourth-order valence-corrected chi connectivity index (χ4v) is 2.42. The third-order valence-electron chi connectivity index (χ3n) is 3.06. The molecule has 2 aliphatic rings. The van der Waals surface area contributed by atoms with Gasteiger partial charge in [0.25, 0.3) is 0 Å². The van der Waals surface area contributed by atoms with E-state index in [0.717, 1.165) is 25.8 Å². The molecule has 0 aromatic carbocycles. The van der Waals surface area contributed by atoms with Gasteiger partial charge in [-0.25, -0.2) is 0 Å². The molecule has 0 bridgehead atoms. The van der Waals surface area contributed by atoms with E-state index in [0.29, 0.717) is 12.4 Å². The lowest BCUT2D eigenvalue weighted by molar-refractivity contribution is -0.153. The highest BCUT2D eigenvalue weighted by Crippen LogP contribution is 2.23. The minimum absolute atomic E-state index is 0.0895. The summed E-state index contributed by atoms with van der Waals surface area (Å²) >= 11 is 5.58. The number of halogens is 1. The lowest BCUT2D eigenvalue weighted by Crippen LogP contribution is -2.57. The summed E-state index contributed by atoms with van der Waals surface area (Å²) in [6, 6.07) is -0.179. The minimum Gasteiger partial charge on any atom is -0.332 e. The number of hydrogen-bond acceptors (Lipinski definition) is 2. The van der Waals surface area contributed by atoms with Gasteiger partial charge < -0.3 is 9.80 Å². The molecule has 2 heterocycles. The van der Waals surface area contributed by atoms with Gasteiger partial charge >= 0.3 is 0 Å². The SMILES string of the molecule is O=C1C2CCCN2C(=O)CN1CCCCl. The lowest BCUT2D eigenvalue weighted by atomic mass is 10.1. The van der Waals surface area contributed by atoms with Gasteiger partial charge in [-0.2, -0.15) is 0 Å².